The van der Waals surface area contributed by atoms with Gasteiger partial charge in [-0.05, 0) is 30.2 Å². The molecule has 2 amide bonds. The van der Waals surface area contributed by atoms with Crippen molar-refractivity contribution in [3.8, 4) is 0 Å². The first-order chi connectivity index (χ1) is 14.9. The highest BCUT2D eigenvalue weighted by Gasteiger charge is 2.34. The molecule has 1 aromatic heterocycles. The van der Waals surface area contributed by atoms with Crippen LogP contribution in [0, 0.1) is 24.5 Å². The Hall–Kier alpha value is -3.13. The summed E-state index contributed by atoms with van der Waals surface area (Å²) in [7, 11) is 0. The van der Waals surface area contributed by atoms with Gasteiger partial charge in [-0.2, -0.15) is 0 Å². The van der Waals surface area contributed by atoms with Crippen LogP contribution in [0.25, 0.3) is 0 Å². The number of carbonyl (C=O) groups excluding carboxylic acids is 2. The highest BCUT2D eigenvalue weighted by atomic mass is 32.1. The smallest absolute Gasteiger partial charge is 0.231 e. The molecular weight excluding hydrogens is 420 g/mol. The standard InChI is InChI=1S/C23H21F2N3O2S/c1-14-2-4-15(5-3-14)12-28-13-17(10-21(28)29)22(30)27-23-26-11-18(31-23)8-16-6-7-19(24)20(25)9-16/h2-7,9,11,17H,8,10,12-13H2,1H3,(H,26,27,30)/t17-/m1/s1. The van der Waals surface area contributed by atoms with E-state index in [0.717, 1.165) is 28.1 Å². The highest BCUT2D eigenvalue weighted by molar-refractivity contribution is 7.15. The van der Waals surface area contributed by atoms with E-state index in [1.54, 1.807) is 11.1 Å². The second kappa shape index (κ2) is 8.93. The van der Waals surface area contributed by atoms with Gasteiger partial charge in [0.2, 0.25) is 11.8 Å². The Morgan fingerprint density at radius 1 is 1.16 bits per heavy atom. The van der Waals surface area contributed by atoms with Crippen LogP contribution in [0.5, 0.6) is 0 Å². The molecule has 4 rings (SSSR count). The van der Waals surface area contributed by atoms with Crippen LogP contribution in [-0.4, -0.2) is 28.2 Å². The molecule has 8 heteroatoms. The fourth-order valence-corrected chi connectivity index (χ4v) is 4.37. The van der Waals surface area contributed by atoms with Crippen molar-refractivity contribution >= 4 is 28.3 Å². The van der Waals surface area contributed by atoms with E-state index in [1.165, 1.54) is 17.4 Å². The van der Waals surface area contributed by atoms with Crippen molar-refractivity contribution in [2.24, 2.45) is 5.92 Å². The third kappa shape index (κ3) is 5.14. The molecule has 31 heavy (non-hydrogen) atoms. The first kappa shape index (κ1) is 21.1. The summed E-state index contributed by atoms with van der Waals surface area (Å²) in [6.45, 7) is 2.86. The lowest BCUT2D eigenvalue weighted by Gasteiger charge is -2.16. The Kier molecular flexibility index (Phi) is 6.08. The van der Waals surface area contributed by atoms with Crippen LogP contribution >= 0.6 is 11.3 Å². The summed E-state index contributed by atoms with van der Waals surface area (Å²) in [4.78, 5) is 31.7. The van der Waals surface area contributed by atoms with Gasteiger partial charge in [-0.15, -0.1) is 11.3 Å². The van der Waals surface area contributed by atoms with Crippen molar-refractivity contribution in [2.75, 3.05) is 11.9 Å². The molecule has 1 N–H and O–H groups in total. The van der Waals surface area contributed by atoms with Gasteiger partial charge >= 0.3 is 0 Å². The average molecular weight is 442 g/mol. The monoisotopic (exact) mass is 441 g/mol. The minimum atomic E-state index is -0.892. The summed E-state index contributed by atoms with van der Waals surface area (Å²) in [5.74, 6) is -2.50. The number of rotatable bonds is 6. The number of amides is 2. The number of anilines is 1. The molecule has 1 fully saturated rings. The SMILES string of the molecule is Cc1ccc(CN2C[C@H](C(=O)Nc3ncc(Cc4ccc(F)c(F)c4)s3)CC2=O)cc1. The predicted octanol–water partition coefficient (Wildman–Crippen LogP) is 4.31. The van der Waals surface area contributed by atoms with E-state index in [-0.39, 0.29) is 18.2 Å². The maximum Gasteiger partial charge on any atom is 0.231 e. The van der Waals surface area contributed by atoms with Crippen molar-refractivity contribution in [1.29, 1.82) is 0 Å². The lowest BCUT2D eigenvalue weighted by Crippen LogP contribution is -2.28. The lowest BCUT2D eigenvalue weighted by atomic mass is 10.1. The largest absolute Gasteiger partial charge is 0.338 e. The van der Waals surface area contributed by atoms with E-state index in [0.29, 0.717) is 30.2 Å². The number of nitrogens with one attached hydrogen (secondary N) is 1. The highest BCUT2D eigenvalue weighted by Crippen LogP contribution is 2.25. The summed E-state index contributed by atoms with van der Waals surface area (Å²) in [5, 5.41) is 3.20. The molecule has 3 aromatic rings. The first-order valence-electron chi connectivity index (χ1n) is 9.90. The third-order valence-electron chi connectivity index (χ3n) is 5.23. The van der Waals surface area contributed by atoms with Crippen molar-refractivity contribution in [3.63, 3.8) is 0 Å². The Balaban J connectivity index is 1.33. The number of halogens is 2. The molecule has 0 saturated carbocycles. The molecule has 5 nitrogen and oxygen atoms in total. The fourth-order valence-electron chi connectivity index (χ4n) is 3.52. The van der Waals surface area contributed by atoms with E-state index >= 15 is 0 Å². The zero-order valence-corrected chi connectivity index (χ0v) is 17.7. The van der Waals surface area contributed by atoms with Gasteiger partial charge in [-0.3, -0.25) is 9.59 Å². The van der Waals surface area contributed by atoms with E-state index in [4.69, 9.17) is 0 Å². The number of aromatic nitrogens is 1. The quantitative estimate of drug-likeness (QED) is 0.620. The number of carbonyl (C=O) groups is 2. The molecule has 0 radical (unpaired) electrons. The molecule has 1 saturated heterocycles. The summed E-state index contributed by atoms with van der Waals surface area (Å²) in [6.07, 6.45) is 2.16. The molecule has 1 atom stereocenters. The lowest BCUT2D eigenvalue weighted by molar-refractivity contribution is -0.128. The van der Waals surface area contributed by atoms with Gasteiger partial charge in [0.05, 0.1) is 5.92 Å². The summed E-state index contributed by atoms with van der Waals surface area (Å²) >= 11 is 1.27. The summed E-state index contributed by atoms with van der Waals surface area (Å²) in [6, 6.07) is 11.7. The average Bonchev–Trinajstić information content (AvgIpc) is 3.33. The predicted molar refractivity (Wildman–Crippen MR) is 115 cm³/mol. The maximum absolute atomic E-state index is 13.4. The number of hydrogen-bond acceptors (Lipinski definition) is 4. The second-order valence-corrected chi connectivity index (χ2v) is 8.82. The maximum atomic E-state index is 13.4. The molecule has 0 spiro atoms. The number of thiazole rings is 1. The zero-order valence-electron chi connectivity index (χ0n) is 16.9. The van der Waals surface area contributed by atoms with Crippen LogP contribution < -0.4 is 5.32 Å². The first-order valence-corrected chi connectivity index (χ1v) is 10.7. The summed E-state index contributed by atoms with van der Waals surface area (Å²) in [5.41, 5.74) is 2.80. The van der Waals surface area contributed by atoms with Crippen molar-refractivity contribution < 1.29 is 18.4 Å². The number of nitrogens with zero attached hydrogens (tertiary/aromatic N) is 2. The Morgan fingerprint density at radius 3 is 2.65 bits per heavy atom. The van der Waals surface area contributed by atoms with E-state index in [2.05, 4.69) is 10.3 Å². The molecule has 2 aromatic carbocycles. The third-order valence-corrected chi connectivity index (χ3v) is 6.14. The van der Waals surface area contributed by atoms with Crippen LogP contribution in [0.15, 0.2) is 48.7 Å². The number of benzene rings is 2. The van der Waals surface area contributed by atoms with E-state index in [1.807, 2.05) is 31.2 Å². The Morgan fingerprint density at radius 2 is 1.90 bits per heavy atom. The molecule has 0 aliphatic carbocycles. The number of likely N-dealkylation sites (tertiary alicyclic amines) is 1. The Labute approximate surface area is 182 Å². The van der Waals surface area contributed by atoms with Gasteiger partial charge in [-0.25, -0.2) is 13.8 Å². The molecule has 0 bridgehead atoms. The minimum Gasteiger partial charge on any atom is -0.338 e. The molecule has 1 aliphatic heterocycles. The van der Waals surface area contributed by atoms with E-state index in [9.17, 15) is 18.4 Å². The fraction of sp³-hybridized carbons (Fsp3) is 0.261. The molecule has 1 aliphatic rings. The van der Waals surface area contributed by atoms with Gasteiger partial charge in [0, 0.05) is 37.0 Å². The molecule has 160 valence electrons. The normalized spacial score (nSPS) is 16.0. The van der Waals surface area contributed by atoms with Crippen molar-refractivity contribution in [1.82, 2.24) is 9.88 Å². The molecule has 0 unspecified atom stereocenters. The van der Waals surface area contributed by atoms with Gasteiger partial charge in [0.15, 0.2) is 16.8 Å². The number of hydrogen-bond donors (Lipinski definition) is 1. The molecule has 2 heterocycles. The van der Waals surface area contributed by atoms with Crippen LogP contribution in [0.3, 0.4) is 0 Å². The molecular formula is C23H21F2N3O2S. The topological polar surface area (TPSA) is 62.3 Å². The van der Waals surface area contributed by atoms with Crippen LogP contribution in [0.4, 0.5) is 13.9 Å². The van der Waals surface area contributed by atoms with Gasteiger partial charge in [0.25, 0.3) is 0 Å². The van der Waals surface area contributed by atoms with Crippen LogP contribution in [0.2, 0.25) is 0 Å². The van der Waals surface area contributed by atoms with Gasteiger partial charge < -0.3 is 10.2 Å². The summed E-state index contributed by atoms with van der Waals surface area (Å²) < 4.78 is 26.4. The minimum absolute atomic E-state index is 0.0427. The van der Waals surface area contributed by atoms with Crippen LogP contribution in [-0.2, 0) is 22.6 Å². The van der Waals surface area contributed by atoms with Crippen molar-refractivity contribution in [2.45, 2.75) is 26.3 Å². The van der Waals surface area contributed by atoms with Crippen LogP contribution in [0.1, 0.15) is 28.0 Å². The van der Waals surface area contributed by atoms with Gasteiger partial charge in [-0.1, -0.05) is 35.9 Å². The number of aryl methyl sites for hydroxylation is 1. The van der Waals surface area contributed by atoms with E-state index < -0.39 is 17.6 Å². The van der Waals surface area contributed by atoms with Crippen molar-refractivity contribution in [3.05, 3.63) is 81.9 Å². The van der Waals surface area contributed by atoms with Gasteiger partial charge in [0.1, 0.15) is 0 Å². The second-order valence-electron chi connectivity index (χ2n) is 7.71. The Bertz CT molecular complexity index is 1110. The zero-order chi connectivity index (χ0) is 22.0.